The third kappa shape index (κ3) is 7.43. The number of allylic oxidation sites excluding steroid dienone is 1. The molecule has 0 saturated carbocycles. The maximum atomic E-state index is 12.0. The number of amides is 1. The van der Waals surface area contributed by atoms with E-state index in [1.165, 1.54) is 37.2 Å². The second kappa shape index (κ2) is 12.1. The smallest absolute Gasteiger partial charge is 0.341 e. The number of hydrogen-bond donors (Lipinski definition) is 2. The van der Waals surface area contributed by atoms with Gasteiger partial charge in [-0.25, -0.2) is 10.2 Å². The Morgan fingerprint density at radius 2 is 2.03 bits per heavy atom. The first-order chi connectivity index (χ1) is 15.3. The molecule has 1 amide bonds. The van der Waals surface area contributed by atoms with E-state index in [1.807, 2.05) is 0 Å². The van der Waals surface area contributed by atoms with Crippen molar-refractivity contribution in [3.63, 3.8) is 0 Å². The number of nitro groups is 1. The second-order valence-electron chi connectivity index (χ2n) is 6.22. The van der Waals surface area contributed by atoms with Gasteiger partial charge in [-0.1, -0.05) is 6.08 Å². The summed E-state index contributed by atoms with van der Waals surface area (Å²) in [5.74, 6) is -0.772. The van der Waals surface area contributed by atoms with Gasteiger partial charge in [-0.15, -0.1) is 18.3 Å². The first kappa shape index (κ1) is 24.4. The minimum Gasteiger partial charge on any atom is -0.493 e. The number of carboxylic acids is 1. The molecule has 0 spiro atoms. The number of ether oxygens (including phenoxy) is 2. The van der Waals surface area contributed by atoms with E-state index < -0.39 is 17.5 Å². The zero-order valence-electron chi connectivity index (χ0n) is 17.1. The van der Waals surface area contributed by atoms with Crippen LogP contribution in [-0.4, -0.2) is 47.6 Å². The Morgan fingerprint density at radius 3 is 2.62 bits per heavy atom. The monoisotopic (exact) mass is 459 g/mol. The molecule has 0 unspecified atom stereocenters. The van der Waals surface area contributed by atoms with Gasteiger partial charge in [0.1, 0.15) is 0 Å². The number of rotatable bonds is 12. The molecule has 168 valence electrons. The molecule has 0 atom stereocenters. The van der Waals surface area contributed by atoms with Gasteiger partial charge in [0.2, 0.25) is 5.91 Å². The zero-order valence-corrected chi connectivity index (χ0v) is 18.0. The summed E-state index contributed by atoms with van der Waals surface area (Å²) in [5.41, 5.74) is 3.64. The van der Waals surface area contributed by atoms with Crippen LogP contribution >= 0.6 is 11.8 Å². The number of non-ortho nitro benzene ring substituents is 1. The van der Waals surface area contributed by atoms with Crippen LogP contribution in [0.4, 0.5) is 5.69 Å². The SMILES string of the molecule is C=CCc1cc(/C=N\NC(=O)CSc2ccc([N+](=O)[O-])cc2)cc(OC)c1OCC(=O)O. The number of hydrogen-bond acceptors (Lipinski definition) is 8. The number of thioether (sulfide) groups is 1. The number of hydrazone groups is 1. The lowest BCUT2D eigenvalue weighted by atomic mass is 10.1. The van der Waals surface area contributed by atoms with E-state index in [1.54, 1.807) is 30.3 Å². The summed E-state index contributed by atoms with van der Waals surface area (Å²) in [4.78, 5) is 33.7. The fourth-order valence-corrected chi connectivity index (χ4v) is 3.23. The van der Waals surface area contributed by atoms with Crippen LogP contribution in [0.1, 0.15) is 11.1 Å². The Morgan fingerprint density at radius 1 is 1.31 bits per heavy atom. The summed E-state index contributed by atoms with van der Waals surface area (Å²) >= 11 is 1.22. The summed E-state index contributed by atoms with van der Waals surface area (Å²) in [6.07, 6.45) is 3.47. The predicted molar refractivity (Wildman–Crippen MR) is 120 cm³/mol. The van der Waals surface area contributed by atoms with Crippen molar-refractivity contribution in [2.24, 2.45) is 5.10 Å². The molecular formula is C21H21N3O7S. The van der Waals surface area contributed by atoms with E-state index in [-0.39, 0.29) is 17.3 Å². The van der Waals surface area contributed by atoms with Gasteiger partial charge in [0, 0.05) is 22.6 Å². The van der Waals surface area contributed by atoms with Gasteiger partial charge >= 0.3 is 5.97 Å². The molecule has 0 bridgehead atoms. The third-order valence-corrected chi connectivity index (χ3v) is 4.91. The number of nitro benzene ring substituents is 1. The highest BCUT2D eigenvalue weighted by Gasteiger charge is 2.14. The third-order valence-electron chi connectivity index (χ3n) is 3.90. The zero-order chi connectivity index (χ0) is 23.5. The average Bonchev–Trinajstić information content (AvgIpc) is 2.77. The highest BCUT2D eigenvalue weighted by Crippen LogP contribution is 2.33. The normalized spacial score (nSPS) is 10.5. The topological polar surface area (TPSA) is 140 Å². The van der Waals surface area contributed by atoms with Crippen molar-refractivity contribution in [3.8, 4) is 11.5 Å². The van der Waals surface area contributed by atoms with Crippen LogP contribution in [0, 0.1) is 10.1 Å². The molecule has 2 rings (SSSR count). The van der Waals surface area contributed by atoms with Crippen LogP contribution in [0.25, 0.3) is 0 Å². The molecule has 2 aromatic carbocycles. The van der Waals surface area contributed by atoms with E-state index in [4.69, 9.17) is 14.6 Å². The van der Waals surface area contributed by atoms with E-state index >= 15 is 0 Å². The van der Waals surface area contributed by atoms with Gasteiger partial charge in [-0.3, -0.25) is 14.9 Å². The molecular weight excluding hydrogens is 438 g/mol. The number of aliphatic carboxylic acids is 1. The van der Waals surface area contributed by atoms with Crippen molar-refractivity contribution in [1.82, 2.24) is 5.43 Å². The Kier molecular flexibility index (Phi) is 9.23. The number of carbonyl (C=O) groups excluding carboxylic acids is 1. The maximum absolute atomic E-state index is 12.0. The van der Waals surface area contributed by atoms with Crippen molar-refractivity contribution in [2.75, 3.05) is 19.5 Å². The summed E-state index contributed by atoms with van der Waals surface area (Å²) < 4.78 is 10.6. The molecule has 0 aromatic heterocycles. The number of nitrogens with one attached hydrogen (secondary N) is 1. The maximum Gasteiger partial charge on any atom is 0.341 e. The number of methoxy groups -OCH3 is 1. The van der Waals surface area contributed by atoms with Crippen LogP contribution in [0.15, 0.2) is 59.1 Å². The first-order valence-electron chi connectivity index (χ1n) is 9.19. The fraction of sp³-hybridized carbons (Fsp3) is 0.190. The van der Waals surface area contributed by atoms with Crippen molar-refractivity contribution in [2.45, 2.75) is 11.3 Å². The van der Waals surface area contributed by atoms with Gasteiger partial charge in [0.05, 0.1) is 24.0 Å². The van der Waals surface area contributed by atoms with Crippen LogP contribution in [0.3, 0.4) is 0 Å². The molecule has 11 heteroatoms. The average molecular weight is 459 g/mol. The van der Waals surface area contributed by atoms with Gasteiger partial charge in [-0.2, -0.15) is 5.10 Å². The van der Waals surface area contributed by atoms with Gasteiger partial charge in [0.15, 0.2) is 18.1 Å². The predicted octanol–water partition coefficient (Wildman–Crippen LogP) is 3.04. The Balaban J connectivity index is 2.01. The molecule has 2 aromatic rings. The molecule has 2 N–H and O–H groups in total. The molecule has 32 heavy (non-hydrogen) atoms. The van der Waals surface area contributed by atoms with Crippen molar-refractivity contribution < 1.29 is 29.1 Å². The van der Waals surface area contributed by atoms with Gasteiger partial charge in [0.25, 0.3) is 5.69 Å². The van der Waals surface area contributed by atoms with Crippen LogP contribution < -0.4 is 14.9 Å². The van der Waals surface area contributed by atoms with Crippen molar-refractivity contribution in [3.05, 3.63) is 70.3 Å². The molecule has 0 aliphatic heterocycles. The summed E-state index contributed by atoms with van der Waals surface area (Å²) in [6.45, 7) is 3.17. The molecule has 0 radical (unpaired) electrons. The Hall–Kier alpha value is -3.86. The lowest BCUT2D eigenvalue weighted by Gasteiger charge is -2.14. The Bertz CT molecular complexity index is 1020. The molecule has 0 aliphatic rings. The minimum absolute atomic E-state index is 0.0194. The van der Waals surface area contributed by atoms with E-state index in [2.05, 4.69) is 17.1 Å². The second-order valence-corrected chi connectivity index (χ2v) is 7.27. The minimum atomic E-state index is -1.11. The number of nitrogens with zero attached hydrogens (tertiary/aromatic N) is 2. The summed E-state index contributed by atoms with van der Waals surface area (Å²) in [5, 5.41) is 23.4. The summed E-state index contributed by atoms with van der Waals surface area (Å²) in [7, 11) is 1.43. The van der Waals surface area contributed by atoms with Crippen LogP contribution in [0.5, 0.6) is 11.5 Å². The van der Waals surface area contributed by atoms with Gasteiger partial charge in [-0.05, 0) is 36.2 Å². The van der Waals surface area contributed by atoms with Gasteiger partial charge < -0.3 is 14.6 Å². The molecule has 0 aliphatic carbocycles. The fourth-order valence-electron chi connectivity index (χ4n) is 2.54. The number of benzene rings is 2. The van der Waals surface area contributed by atoms with E-state index in [9.17, 15) is 19.7 Å². The van der Waals surface area contributed by atoms with E-state index in [0.717, 1.165) is 0 Å². The van der Waals surface area contributed by atoms with Crippen molar-refractivity contribution >= 4 is 35.5 Å². The van der Waals surface area contributed by atoms with Crippen LogP contribution in [-0.2, 0) is 16.0 Å². The van der Waals surface area contributed by atoms with Crippen molar-refractivity contribution in [1.29, 1.82) is 0 Å². The summed E-state index contributed by atoms with van der Waals surface area (Å²) in [6, 6.07) is 9.21. The van der Waals surface area contributed by atoms with E-state index in [0.29, 0.717) is 33.9 Å². The largest absolute Gasteiger partial charge is 0.493 e. The van der Waals surface area contributed by atoms with Crippen LogP contribution in [0.2, 0.25) is 0 Å². The lowest BCUT2D eigenvalue weighted by molar-refractivity contribution is -0.384. The Labute approximate surface area is 188 Å². The number of carbonyl (C=O) groups is 2. The standard InChI is InChI=1S/C21H21N3O7S/c1-3-4-15-9-14(10-18(30-2)21(15)31-12-20(26)27)11-22-23-19(25)13-32-17-7-5-16(6-8-17)24(28)29/h3,5-11H,1,4,12-13H2,2H3,(H,23,25)(H,26,27)/b22-11-. The lowest BCUT2D eigenvalue weighted by Crippen LogP contribution is -2.19. The quantitative estimate of drug-likeness (QED) is 0.162. The molecule has 10 nitrogen and oxygen atoms in total. The highest BCUT2D eigenvalue weighted by atomic mass is 32.2. The first-order valence-corrected chi connectivity index (χ1v) is 10.2. The number of carboxylic acid groups (broad SMARTS) is 1. The highest BCUT2D eigenvalue weighted by molar-refractivity contribution is 8.00. The molecule has 0 saturated heterocycles. The molecule has 0 heterocycles. The molecule has 0 fully saturated rings.